The Morgan fingerprint density at radius 1 is 1.22 bits per heavy atom. The summed E-state index contributed by atoms with van der Waals surface area (Å²) in [6.45, 7) is 0.319. The molecule has 23 heavy (non-hydrogen) atoms. The third-order valence-corrected chi connectivity index (χ3v) is 3.92. The Labute approximate surface area is 130 Å². The van der Waals surface area contributed by atoms with Crippen LogP contribution in [0, 0.1) is 0 Å². The number of pyridine rings is 1. The molecular formula is C16H12N4O3. The molecular weight excluding hydrogens is 296 g/mol. The summed E-state index contributed by atoms with van der Waals surface area (Å²) >= 11 is 0. The van der Waals surface area contributed by atoms with Gasteiger partial charge in [-0.15, -0.1) is 0 Å². The SMILES string of the molecule is O=C(O)c1cc2c([nH]c3ccccc32)c(C(=O)C2CN=CN2)n1. The average Bonchev–Trinajstić information content (AvgIpc) is 3.20. The van der Waals surface area contributed by atoms with Crippen LogP contribution in [0.5, 0.6) is 0 Å². The van der Waals surface area contributed by atoms with Gasteiger partial charge in [0.15, 0.2) is 0 Å². The highest BCUT2D eigenvalue weighted by molar-refractivity contribution is 6.17. The first-order valence-corrected chi connectivity index (χ1v) is 7.08. The highest BCUT2D eigenvalue weighted by Crippen LogP contribution is 2.28. The van der Waals surface area contributed by atoms with E-state index in [0.717, 1.165) is 10.9 Å². The van der Waals surface area contributed by atoms with Gasteiger partial charge in [-0.05, 0) is 12.1 Å². The van der Waals surface area contributed by atoms with Gasteiger partial charge in [-0.1, -0.05) is 18.2 Å². The molecule has 1 aromatic carbocycles. The van der Waals surface area contributed by atoms with Crippen LogP contribution in [-0.2, 0) is 0 Å². The summed E-state index contributed by atoms with van der Waals surface area (Å²) in [7, 11) is 0. The molecule has 1 unspecified atom stereocenters. The molecule has 1 atom stereocenters. The second-order valence-electron chi connectivity index (χ2n) is 5.33. The number of carbonyl (C=O) groups excluding carboxylic acids is 1. The number of benzene rings is 1. The number of aliphatic imine (C=N–C) groups is 1. The minimum atomic E-state index is -1.16. The number of nitrogens with one attached hydrogen (secondary N) is 2. The molecule has 0 radical (unpaired) electrons. The summed E-state index contributed by atoms with van der Waals surface area (Å²) in [5.41, 5.74) is 1.36. The molecule has 114 valence electrons. The zero-order chi connectivity index (χ0) is 16.0. The molecule has 0 fully saturated rings. The molecule has 1 aliphatic rings. The third kappa shape index (κ3) is 2.05. The molecule has 1 aliphatic heterocycles. The Morgan fingerprint density at radius 2 is 2.04 bits per heavy atom. The van der Waals surface area contributed by atoms with Crippen LogP contribution in [-0.4, -0.2) is 45.8 Å². The van der Waals surface area contributed by atoms with Crippen molar-refractivity contribution < 1.29 is 14.7 Å². The van der Waals surface area contributed by atoms with E-state index in [2.05, 4.69) is 20.3 Å². The number of hydrogen-bond acceptors (Lipinski definition) is 5. The maximum Gasteiger partial charge on any atom is 0.354 e. The highest BCUT2D eigenvalue weighted by Gasteiger charge is 2.27. The number of rotatable bonds is 3. The van der Waals surface area contributed by atoms with E-state index in [1.807, 2.05) is 24.3 Å². The van der Waals surface area contributed by atoms with Gasteiger partial charge in [-0.3, -0.25) is 9.79 Å². The van der Waals surface area contributed by atoms with Crippen LogP contribution >= 0.6 is 0 Å². The Bertz CT molecular complexity index is 982. The predicted molar refractivity (Wildman–Crippen MR) is 85.2 cm³/mol. The number of aromatic carboxylic acids is 1. The van der Waals surface area contributed by atoms with Crippen molar-refractivity contribution in [3.63, 3.8) is 0 Å². The fourth-order valence-electron chi connectivity index (χ4n) is 2.81. The van der Waals surface area contributed by atoms with Gasteiger partial charge in [0.1, 0.15) is 17.4 Å². The van der Waals surface area contributed by atoms with Crippen molar-refractivity contribution in [2.24, 2.45) is 4.99 Å². The Kier molecular flexibility index (Phi) is 2.87. The second-order valence-corrected chi connectivity index (χ2v) is 5.33. The van der Waals surface area contributed by atoms with E-state index in [1.54, 1.807) is 0 Å². The van der Waals surface area contributed by atoms with Gasteiger partial charge in [0.25, 0.3) is 0 Å². The maximum atomic E-state index is 12.7. The number of para-hydroxylation sites is 1. The summed E-state index contributed by atoms with van der Waals surface area (Å²) in [5, 5.41) is 13.7. The molecule has 0 saturated heterocycles. The van der Waals surface area contributed by atoms with Crippen molar-refractivity contribution in [3.05, 3.63) is 41.7 Å². The van der Waals surface area contributed by atoms with E-state index in [9.17, 15) is 14.7 Å². The molecule has 3 heterocycles. The summed E-state index contributed by atoms with van der Waals surface area (Å²) in [4.78, 5) is 35.3. The van der Waals surface area contributed by atoms with Crippen molar-refractivity contribution in [2.45, 2.75) is 6.04 Å². The van der Waals surface area contributed by atoms with E-state index in [0.29, 0.717) is 17.4 Å². The van der Waals surface area contributed by atoms with Gasteiger partial charge in [-0.25, -0.2) is 9.78 Å². The lowest BCUT2D eigenvalue weighted by Crippen LogP contribution is -2.34. The molecule has 7 heteroatoms. The molecule has 0 aliphatic carbocycles. The number of ketones is 1. The lowest BCUT2D eigenvalue weighted by atomic mass is 10.1. The number of fused-ring (bicyclic) bond motifs is 3. The molecule has 0 saturated carbocycles. The first-order valence-electron chi connectivity index (χ1n) is 7.08. The number of H-pyrrole nitrogens is 1. The van der Waals surface area contributed by atoms with E-state index < -0.39 is 12.0 Å². The summed E-state index contributed by atoms with van der Waals surface area (Å²) < 4.78 is 0. The number of hydrogen-bond donors (Lipinski definition) is 3. The first kappa shape index (κ1) is 13.4. The fraction of sp³-hybridized carbons (Fsp3) is 0.125. The number of Topliss-reactive ketones (excluding diaryl/α,β-unsaturated/α-hetero) is 1. The minimum absolute atomic E-state index is 0.124. The normalized spacial score (nSPS) is 16.8. The number of carboxylic acids is 1. The summed E-state index contributed by atoms with van der Waals surface area (Å²) in [6, 6.07) is 8.47. The average molecular weight is 308 g/mol. The van der Waals surface area contributed by atoms with Crippen molar-refractivity contribution >= 4 is 39.9 Å². The number of aromatic amines is 1. The first-order chi connectivity index (χ1) is 11.1. The van der Waals surface area contributed by atoms with Gasteiger partial charge >= 0.3 is 5.97 Å². The molecule has 3 N–H and O–H groups in total. The monoisotopic (exact) mass is 308 g/mol. The van der Waals surface area contributed by atoms with Crippen molar-refractivity contribution in [2.75, 3.05) is 6.54 Å². The zero-order valence-corrected chi connectivity index (χ0v) is 11.9. The second kappa shape index (κ2) is 4.91. The maximum absolute atomic E-state index is 12.7. The summed E-state index contributed by atoms with van der Waals surface area (Å²) in [6.07, 6.45) is 1.48. The van der Waals surface area contributed by atoms with Crippen LogP contribution in [0.3, 0.4) is 0 Å². The Morgan fingerprint density at radius 3 is 2.78 bits per heavy atom. The zero-order valence-electron chi connectivity index (χ0n) is 11.9. The fourth-order valence-corrected chi connectivity index (χ4v) is 2.81. The largest absolute Gasteiger partial charge is 0.477 e. The van der Waals surface area contributed by atoms with Crippen LogP contribution < -0.4 is 5.32 Å². The minimum Gasteiger partial charge on any atom is -0.477 e. The topological polar surface area (TPSA) is 107 Å². The molecule has 2 aromatic heterocycles. The smallest absolute Gasteiger partial charge is 0.354 e. The van der Waals surface area contributed by atoms with Crippen LogP contribution in [0.1, 0.15) is 21.0 Å². The van der Waals surface area contributed by atoms with E-state index in [-0.39, 0.29) is 17.2 Å². The van der Waals surface area contributed by atoms with Crippen LogP contribution in [0.15, 0.2) is 35.3 Å². The standard InChI is InChI=1S/C16H12N4O3/c21-15(12-6-17-7-18-12)14-13-9(5-11(20-14)16(22)23)8-3-1-2-4-10(8)19-13/h1-5,7,12,19H,6H2,(H,17,18)(H,22,23). The van der Waals surface area contributed by atoms with Crippen molar-refractivity contribution in [1.29, 1.82) is 0 Å². The third-order valence-electron chi connectivity index (χ3n) is 3.92. The van der Waals surface area contributed by atoms with E-state index in [4.69, 9.17) is 0 Å². The quantitative estimate of drug-likeness (QED) is 0.637. The molecule has 7 nitrogen and oxygen atoms in total. The predicted octanol–water partition coefficient (Wildman–Crippen LogP) is 1.60. The summed E-state index contributed by atoms with van der Waals surface area (Å²) in [5.74, 6) is -1.44. The van der Waals surface area contributed by atoms with Gasteiger partial charge in [-0.2, -0.15) is 0 Å². The van der Waals surface area contributed by atoms with Crippen molar-refractivity contribution in [3.8, 4) is 0 Å². The van der Waals surface area contributed by atoms with Gasteiger partial charge in [0.05, 0.1) is 18.4 Å². The number of nitrogens with zero attached hydrogens (tertiary/aromatic N) is 2. The van der Waals surface area contributed by atoms with E-state index in [1.165, 1.54) is 12.4 Å². The molecule has 4 rings (SSSR count). The highest BCUT2D eigenvalue weighted by atomic mass is 16.4. The molecule has 0 bridgehead atoms. The lowest BCUT2D eigenvalue weighted by Gasteiger charge is -2.09. The van der Waals surface area contributed by atoms with Crippen LogP contribution in [0.4, 0.5) is 0 Å². The molecule has 3 aromatic rings. The van der Waals surface area contributed by atoms with Crippen LogP contribution in [0.2, 0.25) is 0 Å². The lowest BCUT2D eigenvalue weighted by molar-refractivity contribution is 0.0690. The molecule has 0 amide bonds. The van der Waals surface area contributed by atoms with E-state index >= 15 is 0 Å². The van der Waals surface area contributed by atoms with Gasteiger partial charge in [0, 0.05) is 16.3 Å². The van der Waals surface area contributed by atoms with Crippen molar-refractivity contribution in [1.82, 2.24) is 15.3 Å². The number of carbonyl (C=O) groups is 2. The Balaban J connectivity index is 2.00. The molecule has 0 spiro atoms. The van der Waals surface area contributed by atoms with Gasteiger partial charge < -0.3 is 15.4 Å². The van der Waals surface area contributed by atoms with Crippen LogP contribution in [0.25, 0.3) is 21.8 Å². The van der Waals surface area contributed by atoms with Gasteiger partial charge in [0.2, 0.25) is 5.78 Å². The number of aromatic nitrogens is 2. The Hall–Kier alpha value is -3.22. The number of carboxylic acid groups (broad SMARTS) is 1.